The summed E-state index contributed by atoms with van der Waals surface area (Å²) in [5, 5.41) is 11.9. The highest BCUT2D eigenvalue weighted by Gasteiger charge is 2.28. The van der Waals surface area contributed by atoms with E-state index in [1.165, 1.54) is 12.1 Å². The van der Waals surface area contributed by atoms with Gasteiger partial charge in [-0.2, -0.15) is 0 Å². The van der Waals surface area contributed by atoms with Gasteiger partial charge < -0.3 is 5.11 Å². The summed E-state index contributed by atoms with van der Waals surface area (Å²) >= 11 is 0. The van der Waals surface area contributed by atoms with Crippen LogP contribution in [-0.2, 0) is 19.6 Å². The lowest BCUT2D eigenvalue weighted by molar-refractivity contribution is -0.140. The molecule has 2 unspecified atom stereocenters. The molecular weight excluding hydrogens is 332 g/mol. The fourth-order valence-electron chi connectivity index (χ4n) is 2.19. The minimum Gasteiger partial charge on any atom is -0.480 e. The molecule has 1 rings (SSSR count). The Labute approximate surface area is 142 Å². The van der Waals surface area contributed by atoms with Crippen LogP contribution < -0.4 is 10.0 Å². The molecular formula is C16H24N2O5S. The first-order chi connectivity index (χ1) is 11.2. The molecule has 1 aromatic carbocycles. The monoisotopic (exact) mass is 356 g/mol. The van der Waals surface area contributed by atoms with Crippen LogP contribution in [0.1, 0.15) is 33.6 Å². The predicted molar refractivity (Wildman–Crippen MR) is 89.9 cm³/mol. The molecule has 0 saturated carbocycles. The van der Waals surface area contributed by atoms with Crippen molar-refractivity contribution in [3.8, 4) is 0 Å². The third-order valence-corrected chi connectivity index (χ3v) is 4.78. The summed E-state index contributed by atoms with van der Waals surface area (Å²) in [5.74, 6) is -1.75. The van der Waals surface area contributed by atoms with Crippen LogP contribution in [-0.4, -0.2) is 37.5 Å². The van der Waals surface area contributed by atoms with Gasteiger partial charge in [-0.3, -0.25) is 14.9 Å². The van der Waals surface area contributed by atoms with Gasteiger partial charge in [-0.15, -0.1) is 0 Å². The van der Waals surface area contributed by atoms with Crippen LogP contribution in [0.4, 0.5) is 0 Å². The molecule has 0 bridgehead atoms. The van der Waals surface area contributed by atoms with E-state index < -0.39 is 34.0 Å². The zero-order valence-corrected chi connectivity index (χ0v) is 14.8. The van der Waals surface area contributed by atoms with Crippen molar-refractivity contribution in [3.63, 3.8) is 0 Å². The molecule has 7 nitrogen and oxygen atoms in total. The van der Waals surface area contributed by atoms with Gasteiger partial charge in [0, 0.05) is 0 Å². The third-order valence-electron chi connectivity index (χ3n) is 3.42. The number of carbonyl (C=O) groups is 2. The highest BCUT2D eigenvalue weighted by molar-refractivity contribution is 7.90. The molecule has 24 heavy (non-hydrogen) atoms. The maximum Gasteiger partial charge on any atom is 0.320 e. The first kappa shape index (κ1) is 20.1. The zero-order chi connectivity index (χ0) is 18.3. The first-order valence-corrected chi connectivity index (χ1v) is 9.26. The van der Waals surface area contributed by atoms with Gasteiger partial charge in [0.05, 0.1) is 10.9 Å². The second-order valence-corrected chi connectivity index (χ2v) is 7.61. The number of sulfonamides is 1. The Bertz CT molecular complexity index is 658. The smallest absolute Gasteiger partial charge is 0.320 e. The number of aliphatic carboxylic acids is 1. The van der Waals surface area contributed by atoms with Gasteiger partial charge in [0.25, 0.3) is 15.9 Å². The number of rotatable bonds is 9. The lowest BCUT2D eigenvalue weighted by atomic mass is 10.0. The van der Waals surface area contributed by atoms with Crippen LogP contribution in [0.2, 0.25) is 0 Å². The number of carbonyl (C=O) groups excluding carboxylic acids is 1. The molecule has 1 aromatic rings. The fourth-order valence-corrected chi connectivity index (χ4v) is 3.23. The Morgan fingerprint density at radius 2 is 1.71 bits per heavy atom. The highest BCUT2D eigenvalue weighted by Crippen LogP contribution is 2.11. The average Bonchev–Trinajstić information content (AvgIpc) is 2.51. The van der Waals surface area contributed by atoms with Gasteiger partial charge in [-0.1, -0.05) is 39.0 Å². The van der Waals surface area contributed by atoms with Crippen LogP contribution in [0.5, 0.6) is 0 Å². The van der Waals surface area contributed by atoms with E-state index in [9.17, 15) is 18.0 Å². The minimum atomic E-state index is -3.99. The molecule has 0 heterocycles. The van der Waals surface area contributed by atoms with E-state index in [0.29, 0.717) is 6.42 Å². The van der Waals surface area contributed by atoms with Crippen molar-refractivity contribution in [2.75, 3.05) is 0 Å². The van der Waals surface area contributed by atoms with Crippen molar-refractivity contribution in [3.05, 3.63) is 30.3 Å². The molecule has 0 aliphatic heterocycles. The number of hydrogen-bond donors (Lipinski definition) is 3. The Morgan fingerprint density at radius 3 is 2.17 bits per heavy atom. The lowest BCUT2D eigenvalue weighted by Gasteiger charge is -2.23. The topological polar surface area (TPSA) is 113 Å². The van der Waals surface area contributed by atoms with Gasteiger partial charge >= 0.3 is 5.97 Å². The lowest BCUT2D eigenvalue weighted by Crippen LogP contribution is -2.52. The van der Waals surface area contributed by atoms with E-state index in [0.717, 1.165) is 0 Å². The first-order valence-electron chi connectivity index (χ1n) is 7.78. The molecule has 0 radical (unpaired) electrons. The van der Waals surface area contributed by atoms with Crippen molar-refractivity contribution in [1.82, 2.24) is 10.0 Å². The molecule has 0 fully saturated rings. The molecule has 0 spiro atoms. The maximum absolute atomic E-state index is 12.4. The highest BCUT2D eigenvalue weighted by atomic mass is 32.2. The molecule has 0 aliphatic rings. The van der Waals surface area contributed by atoms with Gasteiger partial charge in [0.1, 0.15) is 6.04 Å². The van der Waals surface area contributed by atoms with Gasteiger partial charge in [0.15, 0.2) is 0 Å². The molecule has 1 amide bonds. The summed E-state index contributed by atoms with van der Waals surface area (Å²) in [7, 11) is -3.99. The molecule has 2 atom stereocenters. The molecule has 0 aliphatic carbocycles. The van der Waals surface area contributed by atoms with Crippen molar-refractivity contribution in [2.45, 2.75) is 50.6 Å². The quantitative estimate of drug-likeness (QED) is 0.616. The average molecular weight is 356 g/mol. The zero-order valence-electron chi connectivity index (χ0n) is 14.0. The second kappa shape index (κ2) is 8.79. The number of benzene rings is 1. The molecule has 0 saturated heterocycles. The van der Waals surface area contributed by atoms with Crippen molar-refractivity contribution in [2.24, 2.45) is 5.92 Å². The molecule has 3 N–H and O–H groups in total. The van der Waals surface area contributed by atoms with Crippen molar-refractivity contribution < 1.29 is 23.1 Å². The summed E-state index contributed by atoms with van der Waals surface area (Å²) in [5.41, 5.74) is 0. The van der Waals surface area contributed by atoms with Crippen LogP contribution in [0.25, 0.3) is 0 Å². The fraction of sp³-hybridized carbons (Fsp3) is 0.500. The van der Waals surface area contributed by atoms with Gasteiger partial charge in [-0.25, -0.2) is 13.1 Å². The minimum absolute atomic E-state index is 0.0214. The van der Waals surface area contributed by atoms with E-state index in [-0.39, 0.29) is 17.2 Å². The molecule has 134 valence electrons. The van der Waals surface area contributed by atoms with Crippen LogP contribution in [0, 0.1) is 5.92 Å². The Kier molecular flexibility index (Phi) is 7.37. The number of amides is 1. The standard InChI is InChI=1S/C16H24N2O5S/c1-4-13(16(20)21)17-14(10-11(2)3)15(19)18-24(22,23)12-8-6-5-7-9-12/h5-9,11,13-14,17H,4,10H2,1-3H3,(H,18,19)(H,20,21). The summed E-state index contributed by atoms with van der Waals surface area (Å²) in [6.07, 6.45) is 0.600. The number of carboxylic acids is 1. The summed E-state index contributed by atoms with van der Waals surface area (Å²) in [6, 6.07) is 5.71. The van der Waals surface area contributed by atoms with Crippen LogP contribution in [0.3, 0.4) is 0 Å². The third kappa shape index (κ3) is 5.93. The molecule has 0 aromatic heterocycles. The summed E-state index contributed by atoms with van der Waals surface area (Å²) < 4.78 is 26.5. The Morgan fingerprint density at radius 1 is 1.12 bits per heavy atom. The summed E-state index contributed by atoms with van der Waals surface area (Å²) in [4.78, 5) is 23.5. The van der Waals surface area contributed by atoms with E-state index >= 15 is 0 Å². The summed E-state index contributed by atoms with van der Waals surface area (Å²) in [6.45, 7) is 5.42. The Balaban J connectivity index is 2.94. The Hall–Kier alpha value is -1.93. The van der Waals surface area contributed by atoms with Crippen LogP contribution >= 0.6 is 0 Å². The van der Waals surface area contributed by atoms with Crippen molar-refractivity contribution >= 4 is 21.9 Å². The van der Waals surface area contributed by atoms with E-state index in [2.05, 4.69) is 5.32 Å². The number of nitrogens with one attached hydrogen (secondary N) is 2. The van der Waals surface area contributed by atoms with Crippen molar-refractivity contribution in [1.29, 1.82) is 0 Å². The normalized spacial score (nSPS) is 14.2. The molecule has 8 heteroatoms. The number of hydrogen-bond acceptors (Lipinski definition) is 5. The van der Waals surface area contributed by atoms with E-state index in [1.807, 2.05) is 18.6 Å². The number of carboxylic acid groups (broad SMARTS) is 1. The van der Waals surface area contributed by atoms with Gasteiger partial charge in [-0.05, 0) is 30.9 Å². The SMILES string of the molecule is CCC(NC(CC(C)C)C(=O)NS(=O)(=O)c1ccccc1)C(=O)O. The second-order valence-electron chi connectivity index (χ2n) is 5.93. The van der Waals surface area contributed by atoms with Crippen LogP contribution in [0.15, 0.2) is 35.2 Å². The largest absolute Gasteiger partial charge is 0.480 e. The maximum atomic E-state index is 12.4. The van der Waals surface area contributed by atoms with Gasteiger partial charge in [0.2, 0.25) is 0 Å². The van der Waals surface area contributed by atoms with E-state index in [1.54, 1.807) is 25.1 Å². The predicted octanol–water partition coefficient (Wildman–Crippen LogP) is 1.36. The van der Waals surface area contributed by atoms with E-state index in [4.69, 9.17) is 5.11 Å².